The lowest BCUT2D eigenvalue weighted by Gasteiger charge is -2.10. The Bertz CT molecular complexity index is 887. The quantitative estimate of drug-likeness (QED) is 0.330. The summed E-state index contributed by atoms with van der Waals surface area (Å²) < 4.78 is 0. The number of hydrogen-bond donors (Lipinski definition) is 0. The van der Waals surface area contributed by atoms with Crippen LogP contribution >= 0.6 is 0 Å². The van der Waals surface area contributed by atoms with Crippen LogP contribution in [-0.2, 0) is 0 Å². The van der Waals surface area contributed by atoms with Gasteiger partial charge in [-0.1, -0.05) is 71.9 Å². The molecule has 0 heterocycles. The van der Waals surface area contributed by atoms with Crippen molar-refractivity contribution in [2.75, 3.05) is 0 Å². The zero-order chi connectivity index (χ0) is 12.8. The minimum absolute atomic E-state index is 1.12. The predicted octanol–water partition coefficient (Wildman–Crippen LogP) is 3.94. The first-order chi connectivity index (χ1) is 9.34. The predicted molar refractivity (Wildman–Crippen MR) is 84.3 cm³/mol. The van der Waals surface area contributed by atoms with Crippen LogP contribution in [0.5, 0.6) is 0 Å². The third-order valence-corrected chi connectivity index (χ3v) is 4.06. The van der Waals surface area contributed by atoms with Gasteiger partial charge in [0.15, 0.2) is 0 Å². The van der Waals surface area contributed by atoms with E-state index in [0.717, 1.165) is 5.19 Å². The van der Waals surface area contributed by atoms with Gasteiger partial charge in [-0.15, -0.1) is 0 Å². The fraction of sp³-hybridized carbons (Fsp3) is 0. The van der Waals surface area contributed by atoms with Crippen LogP contribution in [0.15, 0.2) is 66.7 Å². The minimum atomic E-state index is 1.12. The van der Waals surface area contributed by atoms with Crippen LogP contribution in [-0.4, -0.2) is 10.2 Å². The Kier molecular flexibility index (Phi) is 2.23. The summed E-state index contributed by atoms with van der Waals surface area (Å²) in [5.41, 5.74) is 0. The monoisotopic (exact) mass is 255 g/mol. The first-order valence-corrected chi connectivity index (χ1v) is 6.89. The highest BCUT2D eigenvalue weighted by molar-refractivity contribution is 6.35. The van der Waals surface area contributed by atoms with Crippen molar-refractivity contribution >= 4 is 47.7 Å². The maximum absolute atomic E-state index is 3.64. The molecule has 0 nitrogen and oxygen atoms in total. The van der Waals surface area contributed by atoms with Gasteiger partial charge in [0.05, 0.1) is 10.2 Å². The van der Waals surface area contributed by atoms with Crippen molar-refractivity contribution in [1.82, 2.24) is 0 Å². The van der Waals surface area contributed by atoms with Gasteiger partial charge in [-0.3, -0.25) is 0 Å². The van der Waals surface area contributed by atoms with E-state index in [1.165, 1.54) is 32.3 Å². The molecule has 4 aromatic rings. The van der Waals surface area contributed by atoms with Gasteiger partial charge in [0.25, 0.3) is 0 Å². The highest BCUT2D eigenvalue weighted by Crippen LogP contribution is 2.33. The first-order valence-electron chi connectivity index (χ1n) is 6.39. The van der Waals surface area contributed by atoms with Gasteiger partial charge in [0.2, 0.25) is 0 Å². The summed E-state index contributed by atoms with van der Waals surface area (Å²) in [6.45, 7) is 0. The third-order valence-electron chi connectivity index (χ3n) is 3.74. The van der Waals surface area contributed by atoms with E-state index in [1.807, 2.05) is 0 Å². The van der Waals surface area contributed by atoms with Gasteiger partial charge in [-0.2, -0.15) is 0 Å². The normalized spacial score (nSPS) is 11.4. The second-order valence-corrected chi connectivity index (χ2v) is 5.43. The standard InChI is InChI=1S/C18H11Si/c19-12-9-10-17-15-7-2-1-5-13(15)14-6-3-4-8-16(14)18(17)11-12/h1-11H. The third kappa shape index (κ3) is 1.52. The van der Waals surface area contributed by atoms with Crippen LogP contribution in [0.1, 0.15) is 0 Å². The number of rotatable bonds is 0. The smallest absolute Gasteiger partial charge is 0.0667 e. The fourth-order valence-electron chi connectivity index (χ4n) is 2.91. The van der Waals surface area contributed by atoms with Crippen molar-refractivity contribution in [3.63, 3.8) is 0 Å². The Hall–Kier alpha value is -2.12. The zero-order valence-corrected chi connectivity index (χ0v) is 11.4. The van der Waals surface area contributed by atoms with Crippen LogP contribution in [0.3, 0.4) is 0 Å². The highest BCUT2D eigenvalue weighted by Gasteiger charge is 2.07. The molecular formula is C18H11Si. The largest absolute Gasteiger partial charge is 0.0712 e. The maximum Gasteiger partial charge on any atom is 0.0712 e. The fourth-order valence-corrected chi connectivity index (χ4v) is 3.14. The van der Waals surface area contributed by atoms with E-state index >= 15 is 0 Å². The van der Waals surface area contributed by atoms with Crippen molar-refractivity contribution in [2.45, 2.75) is 0 Å². The van der Waals surface area contributed by atoms with Gasteiger partial charge in [-0.25, -0.2) is 0 Å². The van der Waals surface area contributed by atoms with Gasteiger partial charge >= 0.3 is 0 Å². The number of fused-ring (bicyclic) bond motifs is 6. The van der Waals surface area contributed by atoms with E-state index in [-0.39, 0.29) is 0 Å². The van der Waals surface area contributed by atoms with Crippen molar-refractivity contribution in [3.05, 3.63) is 66.7 Å². The van der Waals surface area contributed by atoms with E-state index in [0.29, 0.717) is 0 Å². The van der Waals surface area contributed by atoms with Crippen molar-refractivity contribution in [2.24, 2.45) is 0 Å². The second kappa shape index (κ2) is 3.94. The Morgan fingerprint density at radius 3 is 1.42 bits per heavy atom. The summed E-state index contributed by atoms with van der Waals surface area (Å²) in [6, 6.07) is 23.8. The Morgan fingerprint density at radius 2 is 0.895 bits per heavy atom. The summed E-state index contributed by atoms with van der Waals surface area (Å²) in [5, 5.41) is 9.03. The van der Waals surface area contributed by atoms with Gasteiger partial charge in [0, 0.05) is 0 Å². The van der Waals surface area contributed by atoms with Crippen molar-refractivity contribution < 1.29 is 0 Å². The van der Waals surface area contributed by atoms with E-state index in [4.69, 9.17) is 0 Å². The lowest BCUT2D eigenvalue weighted by Crippen LogP contribution is -2.00. The molecule has 1 heteroatoms. The molecule has 4 aromatic carbocycles. The van der Waals surface area contributed by atoms with Crippen molar-refractivity contribution in [1.29, 1.82) is 0 Å². The SMILES string of the molecule is [Si]c1ccc2c3ccccc3c3ccccc3c2c1. The first kappa shape index (κ1) is 10.8. The molecule has 0 saturated carbocycles. The van der Waals surface area contributed by atoms with Crippen LogP contribution in [0.25, 0.3) is 32.3 Å². The van der Waals surface area contributed by atoms with E-state index in [9.17, 15) is 0 Å². The molecule has 19 heavy (non-hydrogen) atoms. The summed E-state index contributed by atoms with van der Waals surface area (Å²) in [7, 11) is 3.64. The molecule has 0 N–H and O–H groups in total. The molecule has 0 aromatic heterocycles. The minimum Gasteiger partial charge on any atom is -0.0667 e. The molecule has 3 radical (unpaired) electrons. The molecule has 0 aliphatic heterocycles. The molecule has 0 spiro atoms. The van der Waals surface area contributed by atoms with E-state index in [1.54, 1.807) is 0 Å². The molecule has 0 amide bonds. The van der Waals surface area contributed by atoms with Crippen LogP contribution in [0.4, 0.5) is 0 Å². The summed E-state index contributed by atoms with van der Waals surface area (Å²) in [4.78, 5) is 0. The van der Waals surface area contributed by atoms with Gasteiger partial charge in [0.1, 0.15) is 0 Å². The molecule has 0 bridgehead atoms. The molecule has 0 fully saturated rings. The molecule has 0 saturated heterocycles. The van der Waals surface area contributed by atoms with Gasteiger partial charge < -0.3 is 0 Å². The van der Waals surface area contributed by atoms with E-state index < -0.39 is 0 Å². The lowest BCUT2D eigenvalue weighted by molar-refractivity contribution is 1.79. The second-order valence-electron chi connectivity index (χ2n) is 4.85. The molecule has 87 valence electrons. The molecule has 0 atom stereocenters. The topological polar surface area (TPSA) is 0 Å². The lowest BCUT2D eigenvalue weighted by atomic mass is 9.94. The molecule has 0 aliphatic rings. The van der Waals surface area contributed by atoms with Gasteiger partial charge in [-0.05, 0) is 32.3 Å². The van der Waals surface area contributed by atoms with Crippen molar-refractivity contribution in [3.8, 4) is 0 Å². The Balaban J connectivity index is 2.43. The Labute approximate surface area is 115 Å². The average molecular weight is 255 g/mol. The molecular weight excluding hydrogens is 244 g/mol. The summed E-state index contributed by atoms with van der Waals surface area (Å²) in [6.07, 6.45) is 0. The van der Waals surface area contributed by atoms with Crippen LogP contribution in [0.2, 0.25) is 0 Å². The number of benzene rings is 4. The summed E-state index contributed by atoms with van der Waals surface area (Å²) in [5.74, 6) is 0. The maximum atomic E-state index is 3.64. The van der Waals surface area contributed by atoms with E-state index in [2.05, 4.69) is 77.0 Å². The average Bonchev–Trinajstić information content (AvgIpc) is 2.47. The zero-order valence-electron chi connectivity index (χ0n) is 10.4. The number of hydrogen-bond acceptors (Lipinski definition) is 0. The van der Waals surface area contributed by atoms with Crippen LogP contribution < -0.4 is 5.19 Å². The molecule has 0 unspecified atom stereocenters. The van der Waals surface area contributed by atoms with Crippen LogP contribution in [0, 0.1) is 0 Å². The molecule has 4 rings (SSSR count). The Morgan fingerprint density at radius 1 is 0.474 bits per heavy atom. The summed E-state index contributed by atoms with van der Waals surface area (Å²) >= 11 is 0. The highest BCUT2D eigenvalue weighted by atomic mass is 28.1. The molecule has 0 aliphatic carbocycles.